The lowest BCUT2D eigenvalue weighted by Gasteiger charge is -2.12. The van der Waals surface area contributed by atoms with Gasteiger partial charge in [0.1, 0.15) is 5.15 Å². The number of anilines is 2. The highest BCUT2D eigenvalue weighted by Crippen LogP contribution is 2.17. The molecule has 0 aliphatic rings. The van der Waals surface area contributed by atoms with Crippen LogP contribution >= 0.6 is 11.6 Å². The van der Waals surface area contributed by atoms with Crippen LogP contribution in [0.1, 0.15) is 0 Å². The lowest BCUT2D eigenvalue weighted by atomic mass is 10.4. The molecule has 0 unspecified atom stereocenters. The number of nitrogens with two attached hydrogens (primary N) is 1. The maximum absolute atomic E-state index is 5.74. The van der Waals surface area contributed by atoms with Crippen molar-refractivity contribution in [2.45, 2.75) is 0 Å². The molecule has 1 rings (SSSR count). The minimum atomic E-state index is 0.451. The summed E-state index contributed by atoms with van der Waals surface area (Å²) >= 11 is 5.74. The fourth-order valence-electron chi connectivity index (χ4n) is 0.986. The van der Waals surface area contributed by atoms with Crippen molar-refractivity contribution >= 4 is 23.1 Å². The molecule has 0 fully saturated rings. The summed E-state index contributed by atoms with van der Waals surface area (Å²) in [5, 5.41) is 3.57. The standard InChI is InChI=1S/C9H15ClN4/c1-14(2)6-5-12-9-7(11)3-4-8(10)13-9/h3-4H,5-6,11H2,1-2H3,(H,12,13). The summed E-state index contributed by atoms with van der Waals surface area (Å²) in [6.45, 7) is 1.72. The van der Waals surface area contributed by atoms with Crippen molar-refractivity contribution in [1.29, 1.82) is 0 Å². The molecule has 0 radical (unpaired) electrons. The first-order valence-corrected chi connectivity index (χ1v) is 4.78. The van der Waals surface area contributed by atoms with Gasteiger partial charge in [0.05, 0.1) is 5.69 Å². The van der Waals surface area contributed by atoms with E-state index in [0.29, 0.717) is 16.7 Å². The molecular formula is C9H15ClN4. The van der Waals surface area contributed by atoms with Crippen LogP contribution in [0.25, 0.3) is 0 Å². The van der Waals surface area contributed by atoms with E-state index in [-0.39, 0.29) is 0 Å². The maximum Gasteiger partial charge on any atom is 0.151 e. The molecule has 5 heteroatoms. The van der Waals surface area contributed by atoms with E-state index in [2.05, 4.69) is 15.2 Å². The minimum Gasteiger partial charge on any atom is -0.396 e. The lowest BCUT2D eigenvalue weighted by molar-refractivity contribution is 0.425. The van der Waals surface area contributed by atoms with Crippen LogP contribution < -0.4 is 11.1 Å². The topological polar surface area (TPSA) is 54.2 Å². The molecule has 0 amide bonds. The second-order valence-electron chi connectivity index (χ2n) is 3.30. The van der Waals surface area contributed by atoms with Gasteiger partial charge in [-0.3, -0.25) is 0 Å². The van der Waals surface area contributed by atoms with Crippen LogP contribution in [0.5, 0.6) is 0 Å². The van der Waals surface area contributed by atoms with Gasteiger partial charge in [-0.2, -0.15) is 0 Å². The molecule has 0 saturated heterocycles. The largest absolute Gasteiger partial charge is 0.396 e. The van der Waals surface area contributed by atoms with Gasteiger partial charge < -0.3 is 16.0 Å². The molecule has 14 heavy (non-hydrogen) atoms. The smallest absolute Gasteiger partial charge is 0.151 e. The molecular weight excluding hydrogens is 200 g/mol. The first kappa shape index (κ1) is 11.1. The number of rotatable bonds is 4. The van der Waals surface area contributed by atoms with Gasteiger partial charge in [-0.25, -0.2) is 4.98 Å². The molecule has 4 nitrogen and oxygen atoms in total. The van der Waals surface area contributed by atoms with Gasteiger partial charge in [-0.15, -0.1) is 0 Å². The molecule has 0 atom stereocenters. The third kappa shape index (κ3) is 3.40. The van der Waals surface area contributed by atoms with E-state index in [0.717, 1.165) is 13.1 Å². The molecule has 0 aliphatic carbocycles. The highest BCUT2D eigenvalue weighted by Gasteiger charge is 2.00. The normalized spacial score (nSPS) is 10.6. The van der Waals surface area contributed by atoms with Crippen LogP contribution in [0.4, 0.5) is 11.5 Å². The summed E-state index contributed by atoms with van der Waals surface area (Å²) < 4.78 is 0. The molecule has 0 bridgehead atoms. The van der Waals surface area contributed by atoms with Crippen LogP contribution in [-0.2, 0) is 0 Å². The van der Waals surface area contributed by atoms with Gasteiger partial charge in [0.15, 0.2) is 5.82 Å². The number of halogens is 1. The monoisotopic (exact) mass is 214 g/mol. The van der Waals surface area contributed by atoms with Crippen LogP contribution in [0, 0.1) is 0 Å². The molecule has 3 N–H and O–H groups in total. The van der Waals surface area contributed by atoms with Crippen LogP contribution in [0.3, 0.4) is 0 Å². The Balaban J connectivity index is 2.53. The first-order chi connectivity index (χ1) is 6.59. The Morgan fingerprint density at radius 2 is 2.21 bits per heavy atom. The zero-order valence-corrected chi connectivity index (χ0v) is 9.17. The predicted molar refractivity (Wildman–Crippen MR) is 60.7 cm³/mol. The minimum absolute atomic E-state index is 0.451. The number of hydrogen-bond donors (Lipinski definition) is 2. The summed E-state index contributed by atoms with van der Waals surface area (Å²) in [7, 11) is 4.02. The van der Waals surface area contributed by atoms with Crippen molar-refractivity contribution in [1.82, 2.24) is 9.88 Å². The van der Waals surface area contributed by atoms with Gasteiger partial charge >= 0.3 is 0 Å². The zero-order valence-electron chi connectivity index (χ0n) is 8.42. The molecule has 0 saturated carbocycles. The Labute approximate surface area is 89.1 Å². The van der Waals surface area contributed by atoms with Crippen molar-refractivity contribution in [3.63, 3.8) is 0 Å². The first-order valence-electron chi connectivity index (χ1n) is 4.40. The fourth-order valence-corrected chi connectivity index (χ4v) is 1.13. The third-order valence-corrected chi connectivity index (χ3v) is 1.95. The van der Waals surface area contributed by atoms with E-state index < -0.39 is 0 Å². The van der Waals surface area contributed by atoms with Crippen molar-refractivity contribution in [3.8, 4) is 0 Å². The SMILES string of the molecule is CN(C)CCNc1nc(Cl)ccc1N. The van der Waals surface area contributed by atoms with E-state index in [9.17, 15) is 0 Å². The average molecular weight is 215 g/mol. The molecule has 1 aromatic rings. The molecule has 78 valence electrons. The average Bonchev–Trinajstić information content (AvgIpc) is 2.10. The van der Waals surface area contributed by atoms with Crippen molar-refractivity contribution < 1.29 is 0 Å². The lowest BCUT2D eigenvalue weighted by Crippen LogP contribution is -2.21. The van der Waals surface area contributed by atoms with Crippen LogP contribution in [0.15, 0.2) is 12.1 Å². The van der Waals surface area contributed by atoms with Crippen molar-refractivity contribution in [2.75, 3.05) is 38.2 Å². The number of nitrogen functional groups attached to an aromatic ring is 1. The van der Waals surface area contributed by atoms with E-state index in [1.807, 2.05) is 14.1 Å². The van der Waals surface area contributed by atoms with E-state index in [1.165, 1.54) is 0 Å². The number of aromatic nitrogens is 1. The number of nitrogens with zero attached hydrogens (tertiary/aromatic N) is 2. The van der Waals surface area contributed by atoms with Crippen LogP contribution in [-0.4, -0.2) is 37.1 Å². The van der Waals surface area contributed by atoms with Gasteiger partial charge in [0.25, 0.3) is 0 Å². The molecule has 0 aliphatic heterocycles. The Morgan fingerprint density at radius 1 is 1.50 bits per heavy atom. The summed E-state index contributed by atoms with van der Waals surface area (Å²) in [5.74, 6) is 0.652. The molecule has 0 spiro atoms. The van der Waals surface area contributed by atoms with Gasteiger partial charge in [-0.05, 0) is 26.2 Å². The Morgan fingerprint density at radius 3 is 2.86 bits per heavy atom. The maximum atomic E-state index is 5.74. The number of likely N-dealkylation sites (N-methyl/N-ethyl adjacent to an activating group) is 1. The third-order valence-electron chi connectivity index (χ3n) is 1.74. The fraction of sp³-hybridized carbons (Fsp3) is 0.444. The summed E-state index contributed by atoms with van der Waals surface area (Å²) in [6.07, 6.45) is 0. The Hall–Kier alpha value is -1.00. The van der Waals surface area contributed by atoms with Gasteiger partial charge in [0, 0.05) is 13.1 Å². The zero-order chi connectivity index (χ0) is 10.6. The molecule has 1 heterocycles. The Kier molecular flexibility index (Phi) is 3.98. The number of nitrogens with one attached hydrogen (secondary N) is 1. The van der Waals surface area contributed by atoms with Crippen LogP contribution in [0.2, 0.25) is 5.15 Å². The van der Waals surface area contributed by atoms with Gasteiger partial charge in [0.2, 0.25) is 0 Å². The summed E-state index contributed by atoms with van der Waals surface area (Å²) in [6, 6.07) is 3.42. The van der Waals surface area contributed by atoms with Crippen molar-refractivity contribution in [3.05, 3.63) is 17.3 Å². The van der Waals surface area contributed by atoms with E-state index in [4.69, 9.17) is 17.3 Å². The number of hydrogen-bond acceptors (Lipinski definition) is 4. The highest BCUT2D eigenvalue weighted by atomic mass is 35.5. The quantitative estimate of drug-likeness (QED) is 0.742. The highest BCUT2D eigenvalue weighted by molar-refractivity contribution is 6.29. The van der Waals surface area contributed by atoms with Crippen molar-refractivity contribution in [2.24, 2.45) is 0 Å². The van der Waals surface area contributed by atoms with E-state index in [1.54, 1.807) is 12.1 Å². The van der Waals surface area contributed by atoms with E-state index >= 15 is 0 Å². The second kappa shape index (κ2) is 5.02. The summed E-state index contributed by atoms with van der Waals surface area (Å²) in [4.78, 5) is 6.16. The molecule has 0 aromatic carbocycles. The summed E-state index contributed by atoms with van der Waals surface area (Å²) in [5.41, 5.74) is 6.33. The Bertz CT molecular complexity index is 301. The second-order valence-corrected chi connectivity index (χ2v) is 3.69. The number of pyridine rings is 1. The predicted octanol–water partition coefficient (Wildman–Crippen LogP) is 1.29. The molecule has 1 aromatic heterocycles. The van der Waals surface area contributed by atoms with Gasteiger partial charge in [-0.1, -0.05) is 11.6 Å².